The van der Waals surface area contributed by atoms with Crippen molar-refractivity contribution in [1.82, 2.24) is 0 Å². The first-order chi connectivity index (χ1) is 19.9. The van der Waals surface area contributed by atoms with Crippen LogP contribution in [0.4, 0.5) is 11.4 Å². The van der Waals surface area contributed by atoms with Crippen LogP contribution < -0.4 is 19.5 Å². The van der Waals surface area contributed by atoms with E-state index in [1.807, 2.05) is 36.4 Å². The van der Waals surface area contributed by atoms with E-state index in [1.54, 1.807) is 42.5 Å². The number of hydrogen-bond donors (Lipinski definition) is 1. The van der Waals surface area contributed by atoms with Gasteiger partial charge in [0.15, 0.2) is 11.5 Å². The third kappa shape index (κ3) is 7.85. The van der Waals surface area contributed by atoms with E-state index < -0.39 is 10.8 Å². The molecule has 10 heteroatoms. The highest BCUT2D eigenvalue weighted by Gasteiger charge is 2.15. The Labute approximate surface area is 241 Å². The number of carbonyl (C=O) groups is 1. The van der Waals surface area contributed by atoms with E-state index in [2.05, 4.69) is 5.32 Å². The molecule has 4 rings (SSSR count). The number of carbonyl (C=O) groups excluding carboxylic acids is 1. The Morgan fingerprint density at radius 1 is 0.976 bits per heavy atom. The largest absolute Gasteiger partial charge is 0.493 e. The smallest absolute Gasteiger partial charge is 0.269 e. The van der Waals surface area contributed by atoms with Gasteiger partial charge in [0.2, 0.25) is 0 Å². The standard InChI is InChI=1S/C31H24ClN3O6/c1-39-29-17-23(16-28(32)30(29)41-20-22-8-5-9-26(15-22)35(37)38)14-24(18-33)31(36)34-25-10-12-27(13-11-25)40-19-21-6-3-2-4-7-21/h2-17H,19-20H2,1H3,(H,34,36)/b24-14+. The molecule has 0 saturated carbocycles. The predicted molar refractivity (Wildman–Crippen MR) is 155 cm³/mol. The van der Waals surface area contributed by atoms with Crippen LogP contribution in [0.15, 0.2) is 96.6 Å². The molecule has 0 bridgehead atoms. The molecule has 0 aliphatic heterocycles. The fourth-order valence-corrected chi connectivity index (χ4v) is 4.04. The normalized spacial score (nSPS) is 10.8. The molecule has 0 aromatic heterocycles. The number of benzene rings is 4. The van der Waals surface area contributed by atoms with E-state index in [0.717, 1.165) is 5.56 Å². The van der Waals surface area contributed by atoms with E-state index in [4.69, 9.17) is 25.8 Å². The van der Waals surface area contributed by atoms with Gasteiger partial charge >= 0.3 is 0 Å². The molecule has 0 atom stereocenters. The van der Waals surface area contributed by atoms with Crippen molar-refractivity contribution in [3.8, 4) is 23.3 Å². The molecule has 206 valence electrons. The van der Waals surface area contributed by atoms with Gasteiger partial charge in [0.25, 0.3) is 11.6 Å². The summed E-state index contributed by atoms with van der Waals surface area (Å²) < 4.78 is 17.0. The summed E-state index contributed by atoms with van der Waals surface area (Å²) >= 11 is 6.44. The van der Waals surface area contributed by atoms with Crippen molar-refractivity contribution in [2.24, 2.45) is 0 Å². The van der Waals surface area contributed by atoms with Gasteiger partial charge in [0.1, 0.15) is 30.6 Å². The summed E-state index contributed by atoms with van der Waals surface area (Å²) in [5.41, 5.74) is 2.32. The SMILES string of the molecule is COc1cc(/C=C(\C#N)C(=O)Nc2ccc(OCc3ccccc3)cc2)cc(Cl)c1OCc1cccc([N+](=O)[O-])c1. The topological polar surface area (TPSA) is 124 Å². The van der Waals surface area contributed by atoms with Gasteiger partial charge < -0.3 is 19.5 Å². The Morgan fingerprint density at radius 2 is 1.68 bits per heavy atom. The van der Waals surface area contributed by atoms with Crippen LogP contribution in [0.2, 0.25) is 5.02 Å². The number of anilines is 1. The second-order valence-electron chi connectivity index (χ2n) is 8.67. The van der Waals surface area contributed by atoms with Crippen LogP contribution in [0, 0.1) is 21.4 Å². The van der Waals surface area contributed by atoms with E-state index in [-0.39, 0.29) is 34.4 Å². The number of rotatable bonds is 11. The lowest BCUT2D eigenvalue weighted by atomic mass is 10.1. The zero-order chi connectivity index (χ0) is 29.2. The summed E-state index contributed by atoms with van der Waals surface area (Å²) in [5, 5.41) is 23.5. The molecule has 41 heavy (non-hydrogen) atoms. The molecular weight excluding hydrogens is 546 g/mol. The van der Waals surface area contributed by atoms with Crippen LogP contribution in [-0.4, -0.2) is 17.9 Å². The van der Waals surface area contributed by atoms with Gasteiger partial charge in [-0.1, -0.05) is 54.1 Å². The van der Waals surface area contributed by atoms with E-state index in [9.17, 15) is 20.2 Å². The molecule has 0 unspecified atom stereocenters. The summed E-state index contributed by atoms with van der Waals surface area (Å²) in [6, 6.07) is 27.6. The van der Waals surface area contributed by atoms with E-state index >= 15 is 0 Å². The monoisotopic (exact) mass is 569 g/mol. The van der Waals surface area contributed by atoms with Crippen LogP contribution in [0.3, 0.4) is 0 Å². The first-order valence-electron chi connectivity index (χ1n) is 12.3. The lowest BCUT2D eigenvalue weighted by Gasteiger charge is -2.13. The second-order valence-corrected chi connectivity index (χ2v) is 9.08. The molecule has 0 spiro atoms. The molecule has 0 fully saturated rings. The van der Waals surface area contributed by atoms with E-state index in [1.165, 1.54) is 31.4 Å². The minimum atomic E-state index is -0.605. The van der Waals surface area contributed by atoms with Crippen molar-refractivity contribution >= 4 is 35.0 Å². The number of nitrogens with one attached hydrogen (secondary N) is 1. The Hall–Kier alpha value is -5.33. The van der Waals surface area contributed by atoms with Crippen molar-refractivity contribution in [2.75, 3.05) is 12.4 Å². The second kappa shape index (κ2) is 13.6. The Bertz CT molecular complexity index is 1620. The molecule has 9 nitrogen and oxygen atoms in total. The molecule has 0 aliphatic rings. The Balaban J connectivity index is 1.43. The summed E-state index contributed by atoms with van der Waals surface area (Å²) in [6.45, 7) is 0.424. The number of halogens is 1. The van der Waals surface area contributed by atoms with Crippen LogP contribution >= 0.6 is 11.6 Å². The zero-order valence-corrected chi connectivity index (χ0v) is 22.6. The molecule has 0 aliphatic carbocycles. The number of ether oxygens (including phenoxy) is 3. The van der Waals surface area contributed by atoms with Gasteiger partial charge in [-0.05, 0) is 59.2 Å². The molecule has 1 amide bonds. The number of hydrogen-bond acceptors (Lipinski definition) is 7. The van der Waals surface area contributed by atoms with Crippen LogP contribution in [0.5, 0.6) is 17.2 Å². The maximum Gasteiger partial charge on any atom is 0.269 e. The number of methoxy groups -OCH3 is 1. The number of nitro groups is 1. The summed E-state index contributed by atoms with van der Waals surface area (Å²) in [4.78, 5) is 23.4. The fourth-order valence-electron chi connectivity index (χ4n) is 3.77. The number of nitro benzene ring substituents is 1. The van der Waals surface area contributed by atoms with Crippen LogP contribution in [0.1, 0.15) is 16.7 Å². The highest BCUT2D eigenvalue weighted by molar-refractivity contribution is 6.32. The molecule has 0 heterocycles. The third-order valence-electron chi connectivity index (χ3n) is 5.79. The zero-order valence-electron chi connectivity index (χ0n) is 21.9. The number of nitriles is 1. The summed E-state index contributed by atoms with van der Waals surface area (Å²) in [7, 11) is 1.42. The fraction of sp³-hybridized carbons (Fsp3) is 0.0968. The van der Waals surface area contributed by atoms with Gasteiger partial charge in [0.05, 0.1) is 17.1 Å². The van der Waals surface area contributed by atoms with Crippen molar-refractivity contribution in [3.63, 3.8) is 0 Å². The average molecular weight is 570 g/mol. The number of amides is 1. The molecule has 0 saturated heterocycles. The minimum absolute atomic E-state index is 0.00881. The van der Waals surface area contributed by atoms with Crippen molar-refractivity contribution < 1.29 is 23.9 Å². The van der Waals surface area contributed by atoms with Crippen LogP contribution in [0.25, 0.3) is 6.08 Å². The quantitative estimate of drug-likeness (QED) is 0.0895. The van der Waals surface area contributed by atoms with Gasteiger partial charge in [-0.25, -0.2) is 0 Å². The molecule has 4 aromatic rings. The summed E-state index contributed by atoms with van der Waals surface area (Å²) in [5.74, 6) is 0.511. The van der Waals surface area contributed by atoms with Gasteiger partial charge in [0, 0.05) is 17.8 Å². The van der Waals surface area contributed by atoms with Crippen LogP contribution in [-0.2, 0) is 18.0 Å². The maximum atomic E-state index is 12.8. The van der Waals surface area contributed by atoms with E-state index in [0.29, 0.717) is 29.2 Å². The lowest BCUT2D eigenvalue weighted by molar-refractivity contribution is -0.384. The minimum Gasteiger partial charge on any atom is -0.493 e. The summed E-state index contributed by atoms with van der Waals surface area (Å²) in [6.07, 6.45) is 1.38. The first-order valence-corrected chi connectivity index (χ1v) is 12.7. The van der Waals surface area contributed by atoms with Crippen molar-refractivity contribution in [1.29, 1.82) is 5.26 Å². The van der Waals surface area contributed by atoms with Gasteiger partial charge in [-0.2, -0.15) is 5.26 Å². The van der Waals surface area contributed by atoms with Gasteiger partial charge in [-0.3, -0.25) is 14.9 Å². The Morgan fingerprint density at radius 3 is 2.37 bits per heavy atom. The first kappa shape index (κ1) is 28.7. The molecule has 1 N–H and O–H groups in total. The number of non-ortho nitro benzene ring substituents is 1. The Kier molecular flexibility index (Phi) is 9.54. The van der Waals surface area contributed by atoms with Crippen molar-refractivity contribution in [3.05, 3.63) is 128 Å². The lowest BCUT2D eigenvalue weighted by Crippen LogP contribution is -2.13. The average Bonchev–Trinajstić information content (AvgIpc) is 2.99. The molecule has 0 radical (unpaired) electrons. The van der Waals surface area contributed by atoms with Crippen molar-refractivity contribution in [2.45, 2.75) is 13.2 Å². The third-order valence-corrected chi connectivity index (χ3v) is 6.07. The maximum absolute atomic E-state index is 12.8. The predicted octanol–water partition coefficient (Wildman–Crippen LogP) is 6.96. The van der Waals surface area contributed by atoms with Gasteiger partial charge in [-0.15, -0.1) is 0 Å². The highest BCUT2D eigenvalue weighted by Crippen LogP contribution is 2.37. The number of nitrogens with zero attached hydrogens (tertiary/aromatic N) is 2. The highest BCUT2D eigenvalue weighted by atomic mass is 35.5. The molecular formula is C31H24ClN3O6. The molecule has 4 aromatic carbocycles.